The Kier molecular flexibility index (Phi) is 4.10. The predicted molar refractivity (Wildman–Crippen MR) is 78.2 cm³/mol. The molecule has 2 aromatic carbocycles. The minimum absolute atomic E-state index is 0.548. The molecule has 0 spiro atoms. The first-order chi connectivity index (χ1) is 8.63. The molecular formula is C16H18OS. The average molecular weight is 258 g/mol. The van der Waals surface area contributed by atoms with Gasteiger partial charge in [0.2, 0.25) is 0 Å². The zero-order valence-electron chi connectivity index (χ0n) is 11.0. The standard InChI is InChI=1S/C16H18OS/c1-11-8-9-13(10-12(11)2)16(17)14-6-4-5-7-15(14)18-3/h4-10,16-17H,1-3H3. The number of aliphatic hydroxyl groups excluding tert-OH is 1. The summed E-state index contributed by atoms with van der Waals surface area (Å²) >= 11 is 1.67. The number of benzene rings is 2. The molecule has 0 amide bonds. The molecule has 0 radical (unpaired) electrons. The molecule has 1 nitrogen and oxygen atoms in total. The largest absolute Gasteiger partial charge is 0.384 e. The monoisotopic (exact) mass is 258 g/mol. The van der Waals surface area contributed by atoms with Gasteiger partial charge in [0, 0.05) is 4.90 Å². The Morgan fingerprint density at radius 2 is 1.72 bits per heavy atom. The smallest absolute Gasteiger partial charge is 0.105 e. The van der Waals surface area contributed by atoms with Crippen LogP contribution in [0.15, 0.2) is 47.4 Å². The first-order valence-electron chi connectivity index (χ1n) is 6.01. The Bertz CT molecular complexity index is 549. The summed E-state index contributed by atoms with van der Waals surface area (Å²) < 4.78 is 0. The summed E-state index contributed by atoms with van der Waals surface area (Å²) in [6, 6.07) is 14.1. The maximum absolute atomic E-state index is 10.5. The number of aryl methyl sites for hydroxylation is 2. The van der Waals surface area contributed by atoms with Crippen molar-refractivity contribution in [2.24, 2.45) is 0 Å². The van der Waals surface area contributed by atoms with Gasteiger partial charge in [-0.2, -0.15) is 0 Å². The first-order valence-corrected chi connectivity index (χ1v) is 7.24. The minimum Gasteiger partial charge on any atom is -0.384 e. The van der Waals surface area contributed by atoms with Crippen molar-refractivity contribution in [3.05, 3.63) is 64.7 Å². The molecule has 94 valence electrons. The molecular weight excluding hydrogens is 240 g/mol. The number of hydrogen-bond donors (Lipinski definition) is 1. The van der Waals surface area contributed by atoms with Crippen molar-refractivity contribution < 1.29 is 5.11 Å². The van der Waals surface area contributed by atoms with Gasteiger partial charge in [-0.15, -0.1) is 11.8 Å². The summed E-state index contributed by atoms with van der Waals surface area (Å²) in [5, 5.41) is 10.5. The van der Waals surface area contributed by atoms with Crippen molar-refractivity contribution in [2.45, 2.75) is 24.8 Å². The van der Waals surface area contributed by atoms with E-state index in [1.165, 1.54) is 11.1 Å². The number of aliphatic hydroxyl groups is 1. The Balaban J connectivity index is 2.41. The minimum atomic E-state index is -0.548. The molecule has 0 saturated heterocycles. The van der Waals surface area contributed by atoms with Gasteiger partial charge >= 0.3 is 0 Å². The Morgan fingerprint density at radius 3 is 2.39 bits per heavy atom. The van der Waals surface area contributed by atoms with E-state index in [0.717, 1.165) is 16.0 Å². The number of hydrogen-bond acceptors (Lipinski definition) is 2. The van der Waals surface area contributed by atoms with Crippen LogP contribution in [-0.2, 0) is 0 Å². The summed E-state index contributed by atoms with van der Waals surface area (Å²) in [7, 11) is 0. The predicted octanol–water partition coefficient (Wildman–Crippen LogP) is 4.11. The molecule has 2 rings (SSSR count). The highest BCUT2D eigenvalue weighted by molar-refractivity contribution is 7.98. The van der Waals surface area contributed by atoms with E-state index >= 15 is 0 Å². The van der Waals surface area contributed by atoms with Crippen molar-refractivity contribution in [2.75, 3.05) is 6.26 Å². The lowest BCUT2D eigenvalue weighted by Gasteiger charge is -2.16. The van der Waals surface area contributed by atoms with Gasteiger partial charge in [0.15, 0.2) is 0 Å². The van der Waals surface area contributed by atoms with Gasteiger partial charge in [-0.3, -0.25) is 0 Å². The molecule has 1 N–H and O–H groups in total. The van der Waals surface area contributed by atoms with E-state index in [1.54, 1.807) is 11.8 Å². The molecule has 0 aliphatic heterocycles. The van der Waals surface area contributed by atoms with Crippen LogP contribution in [0.2, 0.25) is 0 Å². The zero-order valence-corrected chi connectivity index (χ0v) is 11.8. The third-order valence-electron chi connectivity index (χ3n) is 3.28. The molecule has 0 saturated carbocycles. The molecule has 0 aromatic heterocycles. The fourth-order valence-electron chi connectivity index (χ4n) is 2.01. The van der Waals surface area contributed by atoms with Gasteiger partial charge in [-0.25, -0.2) is 0 Å². The van der Waals surface area contributed by atoms with E-state index in [1.807, 2.05) is 36.6 Å². The number of thioether (sulfide) groups is 1. The molecule has 1 unspecified atom stereocenters. The van der Waals surface area contributed by atoms with Crippen LogP contribution in [-0.4, -0.2) is 11.4 Å². The van der Waals surface area contributed by atoms with E-state index in [2.05, 4.69) is 26.0 Å². The molecule has 0 aliphatic carbocycles. The lowest BCUT2D eigenvalue weighted by Crippen LogP contribution is -2.02. The van der Waals surface area contributed by atoms with Crippen LogP contribution in [0.4, 0.5) is 0 Å². The van der Waals surface area contributed by atoms with Crippen LogP contribution >= 0.6 is 11.8 Å². The fraction of sp³-hybridized carbons (Fsp3) is 0.250. The lowest BCUT2D eigenvalue weighted by molar-refractivity contribution is 0.217. The van der Waals surface area contributed by atoms with Crippen LogP contribution in [0.5, 0.6) is 0 Å². The maximum atomic E-state index is 10.5. The van der Waals surface area contributed by atoms with Crippen LogP contribution in [0.3, 0.4) is 0 Å². The summed E-state index contributed by atoms with van der Waals surface area (Å²) in [6.07, 6.45) is 1.49. The normalized spacial score (nSPS) is 12.4. The first kappa shape index (κ1) is 13.2. The molecule has 0 fully saturated rings. The van der Waals surface area contributed by atoms with Crippen LogP contribution in [0, 0.1) is 13.8 Å². The third-order valence-corrected chi connectivity index (χ3v) is 4.09. The highest BCUT2D eigenvalue weighted by Gasteiger charge is 2.14. The zero-order chi connectivity index (χ0) is 13.1. The summed E-state index contributed by atoms with van der Waals surface area (Å²) in [5.74, 6) is 0. The van der Waals surface area contributed by atoms with Crippen molar-refractivity contribution >= 4 is 11.8 Å². The molecule has 1 atom stereocenters. The Labute approximate surface area is 113 Å². The molecule has 0 heterocycles. The van der Waals surface area contributed by atoms with E-state index < -0.39 is 6.10 Å². The van der Waals surface area contributed by atoms with Gasteiger partial charge in [-0.1, -0.05) is 36.4 Å². The molecule has 18 heavy (non-hydrogen) atoms. The summed E-state index contributed by atoms with van der Waals surface area (Å²) in [5.41, 5.74) is 4.41. The van der Waals surface area contributed by atoms with E-state index in [4.69, 9.17) is 0 Å². The topological polar surface area (TPSA) is 20.2 Å². The van der Waals surface area contributed by atoms with Crippen LogP contribution < -0.4 is 0 Å². The van der Waals surface area contributed by atoms with E-state index in [-0.39, 0.29) is 0 Å². The quantitative estimate of drug-likeness (QED) is 0.836. The highest BCUT2D eigenvalue weighted by Crippen LogP contribution is 2.30. The van der Waals surface area contributed by atoms with Crippen LogP contribution in [0.25, 0.3) is 0 Å². The van der Waals surface area contributed by atoms with Gasteiger partial charge in [0.1, 0.15) is 6.10 Å². The summed E-state index contributed by atoms with van der Waals surface area (Å²) in [4.78, 5) is 1.13. The lowest BCUT2D eigenvalue weighted by atomic mass is 9.98. The second-order valence-electron chi connectivity index (χ2n) is 4.49. The SMILES string of the molecule is CSc1ccccc1C(O)c1ccc(C)c(C)c1. The van der Waals surface area contributed by atoms with Crippen molar-refractivity contribution in [3.63, 3.8) is 0 Å². The van der Waals surface area contributed by atoms with Crippen molar-refractivity contribution in [3.8, 4) is 0 Å². The molecule has 2 aromatic rings. The van der Waals surface area contributed by atoms with Gasteiger partial charge in [0.05, 0.1) is 0 Å². The highest BCUT2D eigenvalue weighted by atomic mass is 32.2. The van der Waals surface area contributed by atoms with Crippen molar-refractivity contribution in [1.29, 1.82) is 0 Å². The van der Waals surface area contributed by atoms with Crippen molar-refractivity contribution in [1.82, 2.24) is 0 Å². The second kappa shape index (κ2) is 5.59. The van der Waals surface area contributed by atoms with Crippen LogP contribution in [0.1, 0.15) is 28.4 Å². The average Bonchev–Trinajstić information content (AvgIpc) is 2.41. The second-order valence-corrected chi connectivity index (χ2v) is 5.34. The fourth-order valence-corrected chi connectivity index (χ4v) is 2.64. The summed E-state index contributed by atoms with van der Waals surface area (Å²) in [6.45, 7) is 4.16. The maximum Gasteiger partial charge on any atom is 0.105 e. The Hall–Kier alpha value is -1.25. The molecule has 2 heteroatoms. The molecule has 0 aliphatic rings. The molecule has 0 bridgehead atoms. The van der Waals surface area contributed by atoms with Gasteiger partial charge in [-0.05, 0) is 48.4 Å². The van der Waals surface area contributed by atoms with Gasteiger partial charge < -0.3 is 5.11 Å². The Morgan fingerprint density at radius 1 is 1.00 bits per heavy atom. The van der Waals surface area contributed by atoms with E-state index in [0.29, 0.717) is 0 Å². The van der Waals surface area contributed by atoms with E-state index in [9.17, 15) is 5.11 Å². The van der Waals surface area contributed by atoms with Gasteiger partial charge in [0.25, 0.3) is 0 Å². The number of rotatable bonds is 3. The third kappa shape index (κ3) is 2.60.